The Labute approximate surface area is 99.9 Å². The first kappa shape index (κ1) is 11.0. The highest BCUT2D eigenvalue weighted by molar-refractivity contribution is 5.74. The number of rotatable bonds is 2. The monoisotopic (exact) mass is 224 g/mol. The van der Waals surface area contributed by atoms with Crippen LogP contribution in [0.3, 0.4) is 0 Å². The fraction of sp³-hybridized carbons (Fsp3) is 0.0769. The van der Waals surface area contributed by atoms with Gasteiger partial charge in [0, 0.05) is 13.2 Å². The van der Waals surface area contributed by atoms with Gasteiger partial charge >= 0.3 is 0 Å². The number of nitrogen functional groups attached to an aromatic ring is 1. The summed E-state index contributed by atoms with van der Waals surface area (Å²) in [6, 6.07) is 13.0. The van der Waals surface area contributed by atoms with E-state index in [0.717, 1.165) is 11.5 Å². The molecule has 0 unspecified atom stereocenters. The number of nitrogens with zero attached hydrogens (tertiary/aromatic N) is 3. The SMILES string of the molecule is CN(c1ccccn1)c1ccc(C#N)cc1N. The Morgan fingerprint density at radius 3 is 2.71 bits per heavy atom. The molecule has 0 aliphatic carbocycles. The molecule has 4 heteroatoms. The fourth-order valence-corrected chi connectivity index (χ4v) is 1.61. The number of pyridine rings is 1. The molecule has 0 saturated heterocycles. The molecule has 0 radical (unpaired) electrons. The maximum Gasteiger partial charge on any atom is 0.132 e. The van der Waals surface area contributed by atoms with Gasteiger partial charge in [-0.3, -0.25) is 0 Å². The van der Waals surface area contributed by atoms with Crippen molar-refractivity contribution >= 4 is 17.2 Å². The van der Waals surface area contributed by atoms with E-state index in [9.17, 15) is 0 Å². The number of aromatic nitrogens is 1. The van der Waals surface area contributed by atoms with E-state index in [2.05, 4.69) is 11.1 Å². The molecular formula is C13H12N4. The highest BCUT2D eigenvalue weighted by Crippen LogP contribution is 2.27. The zero-order valence-corrected chi connectivity index (χ0v) is 9.46. The summed E-state index contributed by atoms with van der Waals surface area (Å²) in [5.41, 5.74) is 7.87. The molecule has 0 aliphatic heterocycles. The van der Waals surface area contributed by atoms with E-state index in [-0.39, 0.29) is 0 Å². The van der Waals surface area contributed by atoms with Crippen molar-refractivity contribution in [1.29, 1.82) is 5.26 Å². The molecule has 1 aromatic heterocycles. The molecule has 2 rings (SSSR count). The summed E-state index contributed by atoms with van der Waals surface area (Å²) in [5, 5.41) is 8.78. The number of benzene rings is 1. The van der Waals surface area contributed by atoms with Crippen LogP contribution in [0.15, 0.2) is 42.6 Å². The van der Waals surface area contributed by atoms with E-state index in [4.69, 9.17) is 11.0 Å². The largest absolute Gasteiger partial charge is 0.397 e. The quantitative estimate of drug-likeness (QED) is 0.795. The van der Waals surface area contributed by atoms with Crippen molar-refractivity contribution in [3.63, 3.8) is 0 Å². The van der Waals surface area contributed by atoms with Crippen molar-refractivity contribution in [2.45, 2.75) is 0 Å². The van der Waals surface area contributed by atoms with Gasteiger partial charge in [0.05, 0.1) is 23.0 Å². The average molecular weight is 224 g/mol. The van der Waals surface area contributed by atoms with Crippen LogP contribution < -0.4 is 10.6 Å². The van der Waals surface area contributed by atoms with E-state index in [1.54, 1.807) is 18.3 Å². The maximum atomic E-state index is 8.78. The minimum atomic E-state index is 0.556. The second-order valence-electron chi connectivity index (χ2n) is 3.63. The Balaban J connectivity index is 2.39. The van der Waals surface area contributed by atoms with Crippen LogP contribution in [0.1, 0.15) is 5.56 Å². The van der Waals surface area contributed by atoms with Gasteiger partial charge in [-0.25, -0.2) is 4.98 Å². The van der Waals surface area contributed by atoms with Crippen molar-refractivity contribution in [2.24, 2.45) is 0 Å². The number of hydrogen-bond donors (Lipinski definition) is 1. The Morgan fingerprint density at radius 1 is 1.29 bits per heavy atom. The summed E-state index contributed by atoms with van der Waals surface area (Å²) < 4.78 is 0. The normalized spacial score (nSPS) is 9.65. The predicted molar refractivity (Wildman–Crippen MR) is 67.9 cm³/mol. The van der Waals surface area contributed by atoms with Gasteiger partial charge in [0.2, 0.25) is 0 Å². The molecular weight excluding hydrogens is 212 g/mol. The first-order valence-electron chi connectivity index (χ1n) is 5.17. The first-order valence-corrected chi connectivity index (χ1v) is 5.17. The Morgan fingerprint density at radius 2 is 2.12 bits per heavy atom. The van der Waals surface area contributed by atoms with Crippen LogP contribution in [0.5, 0.6) is 0 Å². The van der Waals surface area contributed by atoms with Crippen LogP contribution in [0, 0.1) is 11.3 Å². The molecule has 0 atom stereocenters. The van der Waals surface area contributed by atoms with E-state index >= 15 is 0 Å². The molecule has 1 aromatic carbocycles. The van der Waals surface area contributed by atoms with Crippen LogP contribution in [0.4, 0.5) is 17.2 Å². The summed E-state index contributed by atoms with van der Waals surface area (Å²) in [6.45, 7) is 0. The topological polar surface area (TPSA) is 65.9 Å². The first-order chi connectivity index (χ1) is 8.22. The highest BCUT2D eigenvalue weighted by atomic mass is 15.2. The Kier molecular flexibility index (Phi) is 2.93. The molecule has 0 fully saturated rings. The third-order valence-electron chi connectivity index (χ3n) is 2.51. The van der Waals surface area contributed by atoms with Gasteiger partial charge in [-0.2, -0.15) is 5.26 Å². The summed E-state index contributed by atoms with van der Waals surface area (Å²) >= 11 is 0. The predicted octanol–water partition coefficient (Wildman–Crippen LogP) is 2.30. The van der Waals surface area contributed by atoms with Gasteiger partial charge in [-0.15, -0.1) is 0 Å². The highest BCUT2D eigenvalue weighted by Gasteiger charge is 2.08. The lowest BCUT2D eigenvalue weighted by atomic mass is 10.2. The molecule has 2 aromatic rings. The van der Waals surface area contributed by atoms with E-state index in [1.807, 2.05) is 36.2 Å². The average Bonchev–Trinajstić information content (AvgIpc) is 2.39. The lowest BCUT2D eigenvalue weighted by molar-refractivity contribution is 1.13. The summed E-state index contributed by atoms with van der Waals surface area (Å²) in [4.78, 5) is 6.13. The second-order valence-corrected chi connectivity index (χ2v) is 3.63. The van der Waals surface area contributed by atoms with Crippen LogP contribution in [0.25, 0.3) is 0 Å². The minimum absolute atomic E-state index is 0.556. The number of nitriles is 1. The summed E-state index contributed by atoms with van der Waals surface area (Å²) in [6.07, 6.45) is 1.73. The number of nitrogens with two attached hydrogens (primary N) is 1. The minimum Gasteiger partial charge on any atom is -0.397 e. The van der Waals surface area contributed by atoms with Crippen molar-refractivity contribution in [3.8, 4) is 6.07 Å². The third kappa shape index (κ3) is 2.18. The van der Waals surface area contributed by atoms with Crippen molar-refractivity contribution < 1.29 is 0 Å². The van der Waals surface area contributed by atoms with Crippen molar-refractivity contribution in [2.75, 3.05) is 17.7 Å². The molecule has 17 heavy (non-hydrogen) atoms. The van der Waals surface area contributed by atoms with Crippen molar-refractivity contribution in [1.82, 2.24) is 4.98 Å². The smallest absolute Gasteiger partial charge is 0.132 e. The fourth-order valence-electron chi connectivity index (χ4n) is 1.61. The summed E-state index contributed by atoms with van der Waals surface area (Å²) in [7, 11) is 1.89. The van der Waals surface area contributed by atoms with Gasteiger partial charge in [0.15, 0.2) is 0 Å². The van der Waals surface area contributed by atoms with E-state index in [1.165, 1.54) is 0 Å². The van der Waals surface area contributed by atoms with Crippen LogP contribution in [-0.4, -0.2) is 12.0 Å². The molecule has 0 spiro atoms. The van der Waals surface area contributed by atoms with E-state index in [0.29, 0.717) is 11.3 Å². The molecule has 0 amide bonds. The standard InChI is InChI=1S/C13H12N4/c1-17(13-4-2-3-7-16-13)12-6-5-10(9-14)8-11(12)15/h2-8H,15H2,1H3. The zero-order valence-electron chi connectivity index (χ0n) is 9.46. The van der Waals surface area contributed by atoms with Crippen LogP contribution >= 0.6 is 0 Å². The van der Waals surface area contributed by atoms with Gasteiger partial charge in [0.25, 0.3) is 0 Å². The van der Waals surface area contributed by atoms with Gasteiger partial charge in [-0.05, 0) is 30.3 Å². The molecule has 84 valence electrons. The lowest BCUT2D eigenvalue weighted by Crippen LogP contribution is -2.12. The zero-order chi connectivity index (χ0) is 12.3. The van der Waals surface area contributed by atoms with Gasteiger partial charge in [-0.1, -0.05) is 6.07 Å². The summed E-state index contributed by atoms with van der Waals surface area (Å²) in [5.74, 6) is 0.809. The molecule has 0 aliphatic rings. The Bertz CT molecular complexity index is 557. The third-order valence-corrected chi connectivity index (χ3v) is 2.51. The van der Waals surface area contributed by atoms with Crippen LogP contribution in [-0.2, 0) is 0 Å². The molecule has 4 nitrogen and oxygen atoms in total. The Hall–Kier alpha value is -2.54. The van der Waals surface area contributed by atoms with Crippen molar-refractivity contribution in [3.05, 3.63) is 48.2 Å². The van der Waals surface area contributed by atoms with Gasteiger partial charge in [0.1, 0.15) is 5.82 Å². The molecule has 2 N–H and O–H groups in total. The second kappa shape index (κ2) is 4.54. The molecule has 1 heterocycles. The number of anilines is 3. The van der Waals surface area contributed by atoms with Gasteiger partial charge < -0.3 is 10.6 Å². The molecule has 0 saturated carbocycles. The van der Waals surface area contributed by atoms with Crippen LogP contribution in [0.2, 0.25) is 0 Å². The number of hydrogen-bond acceptors (Lipinski definition) is 4. The maximum absolute atomic E-state index is 8.78. The molecule has 0 bridgehead atoms. The lowest BCUT2D eigenvalue weighted by Gasteiger charge is -2.19. The van der Waals surface area contributed by atoms with E-state index < -0.39 is 0 Å².